The first-order chi connectivity index (χ1) is 20.6. The van der Waals surface area contributed by atoms with Crippen LogP contribution in [-0.2, 0) is 27.7 Å². The van der Waals surface area contributed by atoms with Crippen molar-refractivity contribution in [2.45, 2.75) is 77.6 Å². The van der Waals surface area contributed by atoms with Gasteiger partial charge < -0.3 is 18.8 Å². The van der Waals surface area contributed by atoms with Crippen molar-refractivity contribution in [2.75, 3.05) is 13.2 Å². The highest BCUT2D eigenvalue weighted by atomic mass is 19.4. The van der Waals surface area contributed by atoms with E-state index in [9.17, 15) is 32.3 Å². The molecule has 1 aliphatic heterocycles. The second-order valence-corrected chi connectivity index (χ2v) is 11.8. The fourth-order valence-electron chi connectivity index (χ4n) is 5.17. The fourth-order valence-corrected chi connectivity index (χ4v) is 5.17. The smallest absolute Gasteiger partial charge is 0.417 e. The zero-order valence-electron chi connectivity index (χ0n) is 25.2. The van der Waals surface area contributed by atoms with Gasteiger partial charge in [-0.15, -0.1) is 0 Å². The third-order valence-corrected chi connectivity index (χ3v) is 7.34. The topological polar surface area (TPSA) is 115 Å². The number of carbonyl (C=O) groups is 3. The molecule has 1 fully saturated rings. The van der Waals surface area contributed by atoms with Gasteiger partial charge in [0.15, 0.2) is 0 Å². The molecule has 1 N–H and O–H groups in total. The highest BCUT2D eigenvalue weighted by molar-refractivity contribution is 6.07. The molecule has 1 aliphatic rings. The van der Waals surface area contributed by atoms with E-state index in [-0.39, 0.29) is 24.1 Å². The summed E-state index contributed by atoms with van der Waals surface area (Å²) in [5.41, 5.74) is -3.09. The molecule has 4 rings (SSSR count). The van der Waals surface area contributed by atoms with Crippen LogP contribution < -0.4 is 15.7 Å². The van der Waals surface area contributed by atoms with Gasteiger partial charge in [0.1, 0.15) is 22.5 Å². The number of ether oxygens (including phenoxy) is 2. The van der Waals surface area contributed by atoms with Crippen LogP contribution in [0.15, 0.2) is 51.7 Å². The molecule has 1 atom stereocenters. The molecule has 9 nitrogen and oxygen atoms in total. The number of hydrogen-bond acceptors (Lipinski definition) is 7. The van der Waals surface area contributed by atoms with Crippen molar-refractivity contribution in [3.63, 3.8) is 0 Å². The van der Waals surface area contributed by atoms with E-state index in [0.29, 0.717) is 54.2 Å². The zero-order chi connectivity index (χ0) is 32.4. The zero-order valence-corrected chi connectivity index (χ0v) is 25.2. The summed E-state index contributed by atoms with van der Waals surface area (Å²) in [6.07, 6.45) is -2.93. The number of aryl methyl sites for hydroxylation is 1. The minimum absolute atomic E-state index is 0.148. The van der Waals surface area contributed by atoms with Crippen LogP contribution in [0, 0.1) is 0 Å². The van der Waals surface area contributed by atoms with Crippen LogP contribution in [0.2, 0.25) is 0 Å². The van der Waals surface area contributed by atoms with Crippen molar-refractivity contribution in [1.29, 1.82) is 0 Å². The van der Waals surface area contributed by atoms with E-state index in [1.165, 1.54) is 17.0 Å². The second-order valence-electron chi connectivity index (χ2n) is 11.8. The Morgan fingerprint density at radius 1 is 1.02 bits per heavy atom. The fraction of sp³-hybridized carbons (Fsp3) is 0.438. The number of nitrogens with one attached hydrogen (secondary N) is 1. The average molecular weight is 617 g/mol. The Labute approximate surface area is 252 Å². The molecule has 1 unspecified atom stereocenters. The molecular formula is C32H35F3N2O7. The Morgan fingerprint density at radius 3 is 2.32 bits per heavy atom. The lowest BCUT2D eigenvalue weighted by Crippen LogP contribution is -2.44. The quantitative estimate of drug-likeness (QED) is 0.122. The van der Waals surface area contributed by atoms with Gasteiger partial charge >= 0.3 is 23.8 Å². The van der Waals surface area contributed by atoms with Crippen molar-refractivity contribution in [3.8, 4) is 5.75 Å². The summed E-state index contributed by atoms with van der Waals surface area (Å²) in [6, 6.07) is 8.89. The number of unbranched alkanes of at least 4 members (excludes halogenated alkanes) is 1. The number of hydrogen-bond donors (Lipinski definition) is 1. The SMILES string of the molecule is CCCc1c(OCCCCN2C(=O)NC(=O)C2(C)c2ccc(C(=O)OC(C)(C)C)cc2)ccc2c(C(F)(F)F)cc(=O)oc12. The van der Waals surface area contributed by atoms with Crippen molar-refractivity contribution >= 4 is 28.9 Å². The van der Waals surface area contributed by atoms with Gasteiger partial charge in [-0.05, 0) is 76.8 Å². The summed E-state index contributed by atoms with van der Waals surface area (Å²) in [4.78, 5) is 51.4. The Kier molecular flexibility index (Phi) is 9.13. The number of nitrogens with zero attached hydrogens (tertiary/aromatic N) is 1. The number of rotatable bonds is 10. The van der Waals surface area contributed by atoms with Gasteiger partial charge in [0.05, 0.1) is 17.7 Å². The monoisotopic (exact) mass is 616 g/mol. The predicted molar refractivity (Wildman–Crippen MR) is 155 cm³/mol. The predicted octanol–water partition coefficient (Wildman–Crippen LogP) is 6.35. The highest BCUT2D eigenvalue weighted by Crippen LogP contribution is 2.38. The first-order valence-electron chi connectivity index (χ1n) is 14.3. The largest absolute Gasteiger partial charge is 0.493 e. The van der Waals surface area contributed by atoms with E-state index >= 15 is 0 Å². The Morgan fingerprint density at radius 2 is 1.70 bits per heavy atom. The van der Waals surface area contributed by atoms with Crippen LogP contribution in [0.4, 0.5) is 18.0 Å². The minimum Gasteiger partial charge on any atom is -0.493 e. The third kappa shape index (κ3) is 6.74. The van der Waals surface area contributed by atoms with Crippen molar-refractivity contribution in [2.24, 2.45) is 0 Å². The molecular weight excluding hydrogens is 581 g/mol. The van der Waals surface area contributed by atoms with Crippen LogP contribution in [0.25, 0.3) is 11.0 Å². The first-order valence-corrected chi connectivity index (χ1v) is 14.3. The molecule has 12 heteroatoms. The molecule has 0 aliphatic carbocycles. The van der Waals surface area contributed by atoms with Gasteiger partial charge in [0.25, 0.3) is 5.91 Å². The molecule has 0 radical (unpaired) electrons. The number of imide groups is 1. The number of esters is 1. The number of alkyl halides is 3. The summed E-state index contributed by atoms with van der Waals surface area (Å²) < 4.78 is 57.2. The lowest BCUT2D eigenvalue weighted by Gasteiger charge is -2.32. The average Bonchev–Trinajstić information content (AvgIpc) is 3.15. The Bertz CT molecular complexity index is 1620. The molecule has 44 heavy (non-hydrogen) atoms. The minimum atomic E-state index is -4.72. The number of carbonyl (C=O) groups excluding carboxylic acids is 3. The summed E-state index contributed by atoms with van der Waals surface area (Å²) in [5.74, 6) is -0.691. The molecule has 3 aromatic rings. The summed E-state index contributed by atoms with van der Waals surface area (Å²) in [5, 5.41) is 2.15. The van der Waals surface area contributed by atoms with E-state index in [4.69, 9.17) is 13.9 Å². The van der Waals surface area contributed by atoms with Crippen LogP contribution >= 0.6 is 0 Å². The summed E-state index contributed by atoms with van der Waals surface area (Å²) in [6.45, 7) is 9.12. The third-order valence-electron chi connectivity index (χ3n) is 7.34. The van der Waals surface area contributed by atoms with Gasteiger partial charge in [-0.25, -0.2) is 14.4 Å². The van der Waals surface area contributed by atoms with Crippen molar-refractivity contribution in [1.82, 2.24) is 10.2 Å². The van der Waals surface area contributed by atoms with Gasteiger partial charge in [-0.3, -0.25) is 10.1 Å². The highest BCUT2D eigenvalue weighted by Gasteiger charge is 2.50. The number of urea groups is 1. The lowest BCUT2D eigenvalue weighted by molar-refractivity contribution is -0.136. The summed E-state index contributed by atoms with van der Waals surface area (Å²) in [7, 11) is 0. The molecule has 0 spiro atoms. The first kappa shape index (κ1) is 32.6. The van der Waals surface area contributed by atoms with E-state index in [1.54, 1.807) is 52.0 Å². The number of benzene rings is 2. The second kappa shape index (κ2) is 12.3. The van der Waals surface area contributed by atoms with Crippen LogP contribution in [-0.4, -0.2) is 41.6 Å². The number of fused-ring (bicyclic) bond motifs is 1. The molecule has 2 heterocycles. The van der Waals surface area contributed by atoms with Gasteiger partial charge in [-0.2, -0.15) is 13.2 Å². The lowest BCUT2D eigenvalue weighted by atomic mass is 9.89. The molecule has 1 saturated heterocycles. The van der Waals surface area contributed by atoms with E-state index < -0.39 is 46.4 Å². The van der Waals surface area contributed by atoms with Crippen LogP contribution in [0.5, 0.6) is 5.75 Å². The maximum Gasteiger partial charge on any atom is 0.417 e. The summed E-state index contributed by atoms with van der Waals surface area (Å²) >= 11 is 0. The number of amides is 3. The number of halogens is 3. The molecule has 3 amide bonds. The van der Waals surface area contributed by atoms with Crippen molar-refractivity contribution < 1.29 is 41.4 Å². The van der Waals surface area contributed by atoms with E-state index in [2.05, 4.69) is 5.32 Å². The molecule has 0 bridgehead atoms. The normalized spacial score (nSPS) is 17.2. The molecule has 236 valence electrons. The van der Waals surface area contributed by atoms with Gasteiger partial charge in [0, 0.05) is 23.6 Å². The maximum atomic E-state index is 13.6. The molecule has 0 saturated carbocycles. The van der Waals surface area contributed by atoms with Gasteiger partial charge in [0.2, 0.25) is 0 Å². The maximum absolute atomic E-state index is 13.6. The molecule has 2 aromatic carbocycles. The molecule has 1 aromatic heterocycles. The van der Waals surface area contributed by atoms with Gasteiger partial charge in [-0.1, -0.05) is 25.5 Å². The van der Waals surface area contributed by atoms with Crippen LogP contribution in [0.1, 0.15) is 80.9 Å². The standard InChI is InChI=1S/C32H35F3N2O7/c1-6-9-22-24(15-14-21-23(32(33,34)35)18-25(38)43-26(21)22)42-17-8-7-16-37-29(41)36-28(40)31(37,5)20-12-10-19(11-13-20)27(39)44-30(2,3)4/h10-15,18H,6-9,16-17H2,1-5H3,(H,36,40,41). The van der Waals surface area contributed by atoms with E-state index in [0.717, 1.165) is 0 Å². The van der Waals surface area contributed by atoms with E-state index in [1.807, 2.05) is 6.92 Å². The Hall–Kier alpha value is -4.35. The van der Waals surface area contributed by atoms with Crippen LogP contribution in [0.3, 0.4) is 0 Å². The van der Waals surface area contributed by atoms with Crippen molar-refractivity contribution in [3.05, 3.63) is 75.1 Å². The Balaban J connectivity index is 1.45.